The highest BCUT2D eigenvalue weighted by molar-refractivity contribution is 6.42. The molecule has 0 fully saturated rings. The number of nitrogens with two attached hydrogens (primary N) is 1. The second kappa shape index (κ2) is 5.56. The van der Waals surface area contributed by atoms with E-state index in [1.165, 1.54) is 12.1 Å². The van der Waals surface area contributed by atoms with Crippen molar-refractivity contribution in [2.45, 2.75) is 0 Å². The van der Waals surface area contributed by atoms with Crippen molar-refractivity contribution in [2.75, 3.05) is 11.1 Å². The molecule has 4 N–H and O–H groups in total. The number of carboxylic acids is 1. The lowest BCUT2D eigenvalue weighted by Gasteiger charge is -2.12. The van der Waals surface area contributed by atoms with Crippen molar-refractivity contribution in [3.8, 4) is 0 Å². The first-order valence-corrected chi connectivity index (χ1v) is 6.19. The summed E-state index contributed by atoms with van der Waals surface area (Å²) in [7, 11) is 0. The van der Waals surface area contributed by atoms with Gasteiger partial charge in [-0.1, -0.05) is 23.2 Å². The predicted octanol–water partition coefficient (Wildman–Crippen LogP) is 4.16. The molecule has 104 valence electrons. The largest absolute Gasteiger partial charge is 0.478 e. The number of carboxylic acid groups (broad SMARTS) is 1. The summed E-state index contributed by atoms with van der Waals surface area (Å²) in [5, 5.41) is 12.6. The molecule has 7 heteroatoms. The molecule has 2 rings (SSSR count). The number of halogens is 3. The summed E-state index contributed by atoms with van der Waals surface area (Å²) < 4.78 is 13.3. The second-order valence-electron chi connectivity index (χ2n) is 3.94. The smallest absolute Gasteiger partial charge is 0.340 e. The average molecular weight is 315 g/mol. The van der Waals surface area contributed by atoms with E-state index in [4.69, 9.17) is 34.0 Å². The van der Waals surface area contributed by atoms with Gasteiger partial charge in [0.05, 0.1) is 21.4 Å². The first-order valence-electron chi connectivity index (χ1n) is 5.43. The van der Waals surface area contributed by atoms with Gasteiger partial charge in [0, 0.05) is 5.69 Å². The van der Waals surface area contributed by atoms with E-state index in [1.807, 2.05) is 0 Å². The SMILES string of the molecule is Nc1c(F)ccc(Nc2ccc(Cl)c(Cl)c2)c1C(=O)O. The van der Waals surface area contributed by atoms with Crippen molar-refractivity contribution >= 4 is 46.2 Å². The normalized spacial score (nSPS) is 10.3. The molecular formula is C13H9Cl2FN2O2. The fourth-order valence-electron chi connectivity index (χ4n) is 1.66. The summed E-state index contributed by atoms with van der Waals surface area (Å²) in [5.41, 5.74) is 5.35. The van der Waals surface area contributed by atoms with Gasteiger partial charge < -0.3 is 16.2 Å². The summed E-state index contributed by atoms with van der Waals surface area (Å²) in [4.78, 5) is 11.2. The first kappa shape index (κ1) is 14.4. The molecule has 2 aromatic carbocycles. The van der Waals surface area contributed by atoms with E-state index < -0.39 is 17.5 Å². The van der Waals surface area contributed by atoms with Crippen molar-refractivity contribution in [2.24, 2.45) is 0 Å². The molecule has 0 spiro atoms. The van der Waals surface area contributed by atoms with Gasteiger partial charge in [0.1, 0.15) is 11.4 Å². The topological polar surface area (TPSA) is 75.3 Å². The van der Waals surface area contributed by atoms with E-state index in [0.29, 0.717) is 15.7 Å². The lowest BCUT2D eigenvalue weighted by Crippen LogP contribution is -2.08. The van der Waals surface area contributed by atoms with Crippen LogP contribution >= 0.6 is 23.2 Å². The van der Waals surface area contributed by atoms with Gasteiger partial charge in [0.15, 0.2) is 0 Å². The maximum Gasteiger partial charge on any atom is 0.340 e. The minimum absolute atomic E-state index is 0.162. The van der Waals surface area contributed by atoms with Gasteiger partial charge in [0.25, 0.3) is 0 Å². The Balaban J connectivity index is 2.45. The number of nitrogen functional groups attached to an aromatic ring is 1. The minimum atomic E-state index is -1.33. The van der Waals surface area contributed by atoms with Crippen molar-refractivity contribution < 1.29 is 14.3 Å². The molecule has 0 radical (unpaired) electrons. The minimum Gasteiger partial charge on any atom is -0.478 e. The molecule has 4 nitrogen and oxygen atoms in total. The zero-order valence-corrected chi connectivity index (χ0v) is 11.5. The van der Waals surface area contributed by atoms with Crippen molar-refractivity contribution in [1.82, 2.24) is 0 Å². The number of anilines is 3. The Kier molecular flexibility index (Phi) is 4.01. The molecule has 0 bridgehead atoms. The maximum absolute atomic E-state index is 13.3. The van der Waals surface area contributed by atoms with Gasteiger partial charge in [0.2, 0.25) is 0 Å². The van der Waals surface area contributed by atoms with Crippen LogP contribution in [-0.4, -0.2) is 11.1 Å². The Morgan fingerprint density at radius 3 is 2.50 bits per heavy atom. The Hall–Kier alpha value is -1.98. The van der Waals surface area contributed by atoms with Crippen LogP contribution in [0.25, 0.3) is 0 Å². The molecule has 2 aromatic rings. The van der Waals surface area contributed by atoms with Crippen LogP contribution < -0.4 is 11.1 Å². The molecule has 0 amide bonds. The third-order valence-corrected chi connectivity index (χ3v) is 3.34. The number of nitrogens with one attached hydrogen (secondary N) is 1. The van der Waals surface area contributed by atoms with Crippen LogP contribution in [0.1, 0.15) is 10.4 Å². The van der Waals surface area contributed by atoms with Crippen LogP contribution in [0, 0.1) is 5.82 Å². The Morgan fingerprint density at radius 2 is 1.90 bits per heavy atom. The van der Waals surface area contributed by atoms with Gasteiger partial charge in [-0.2, -0.15) is 0 Å². The van der Waals surface area contributed by atoms with Crippen molar-refractivity contribution in [3.05, 3.63) is 51.8 Å². The molecule has 0 atom stereocenters. The third-order valence-electron chi connectivity index (χ3n) is 2.60. The van der Waals surface area contributed by atoms with E-state index in [0.717, 1.165) is 6.07 Å². The first-order chi connectivity index (χ1) is 9.40. The zero-order chi connectivity index (χ0) is 14.9. The molecule has 0 aliphatic rings. The van der Waals surface area contributed by atoms with E-state index in [2.05, 4.69) is 5.32 Å². The van der Waals surface area contributed by atoms with Gasteiger partial charge in [-0.15, -0.1) is 0 Å². The molecule has 0 saturated heterocycles. The quantitative estimate of drug-likeness (QED) is 0.744. The Labute approximate surface area is 123 Å². The highest BCUT2D eigenvalue weighted by Gasteiger charge is 2.17. The van der Waals surface area contributed by atoms with E-state index in [9.17, 15) is 9.18 Å². The number of aromatic carboxylic acids is 1. The van der Waals surface area contributed by atoms with Gasteiger partial charge in [-0.3, -0.25) is 0 Å². The molecule has 0 unspecified atom stereocenters. The molecule has 0 saturated carbocycles. The molecule has 0 aliphatic carbocycles. The standard InChI is InChI=1S/C13H9Cl2FN2O2/c14-7-2-1-6(5-8(7)15)18-10-4-3-9(16)12(17)11(10)13(19)20/h1-5,18H,17H2,(H,19,20). The van der Waals surface area contributed by atoms with Gasteiger partial charge >= 0.3 is 5.97 Å². The fourth-order valence-corrected chi connectivity index (χ4v) is 1.96. The lowest BCUT2D eigenvalue weighted by molar-refractivity contribution is 0.0698. The van der Waals surface area contributed by atoms with E-state index >= 15 is 0 Å². The number of carbonyl (C=O) groups is 1. The maximum atomic E-state index is 13.3. The summed E-state index contributed by atoms with van der Waals surface area (Å²) >= 11 is 11.7. The number of rotatable bonds is 3. The van der Waals surface area contributed by atoms with E-state index in [-0.39, 0.29) is 11.3 Å². The molecule has 0 heterocycles. The summed E-state index contributed by atoms with van der Waals surface area (Å²) in [6.45, 7) is 0. The number of benzene rings is 2. The van der Waals surface area contributed by atoms with Crippen LogP contribution in [0.2, 0.25) is 10.0 Å². The van der Waals surface area contributed by atoms with Crippen LogP contribution in [0.5, 0.6) is 0 Å². The number of hydrogen-bond donors (Lipinski definition) is 3. The molecule has 20 heavy (non-hydrogen) atoms. The van der Waals surface area contributed by atoms with Crippen LogP contribution in [-0.2, 0) is 0 Å². The number of hydrogen-bond acceptors (Lipinski definition) is 3. The average Bonchev–Trinajstić information content (AvgIpc) is 2.38. The monoisotopic (exact) mass is 314 g/mol. The van der Waals surface area contributed by atoms with Gasteiger partial charge in [-0.05, 0) is 30.3 Å². The van der Waals surface area contributed by atoms with Gasteiger partial charge in [-0.25, -0.2) is 9.18 Å². The second-order valence-corrected chi connectivity index (χ2v) is 4.76. The van der Waals surface area contributed by atoms with Crippen molar-refractivity contribution in [3.63, 3.8) is 0 Å². The Bertz CT molecular complexity index is 692. The molecular weight excluding hydrogens is 306 g/mol. The summed E-state index contributed by atoms with van der Waals surface area (Å²) in [6.07, 6.45) is 0. The molecule has 0 aromatic heterocycles. The summed E-state index contributed by atoms with van der Waals surface area (Å²) in [5.74, 6) is -2.12. The summed E-state index contributed by atoms with van der Waals surface area (Å²) in [6, 6.07) is 7.06. The Morgan fingerprint density at radius 1 is 1.20 bits per heavy atom. The highest BCUT2D eigenvalue weighted by atomic mass is 35.5. The zero-order valence-electron chi connectivity index (χ0n) is 9.95. The predicted molar refractivity (Wildman–Crippen MR) is 77.5 cm³/mol. The van der Waals surface area contributed by atoms with Crippen molar-refractivity contribution in [1.29, 1.82) is 0 Å². The van der Waals surface area contributed by atoms with Crippen LogP contribution in [0.3, 0.4) is 0 Å². The van der Waals surface area contributed by atoms with Crippen LogP contribution in [0.4, 0.5) is 21.5 Å². The molecule has 0 aliphatic heterocycles. The third kappa shape index (κ3) is 2.79. The van der Waals surface area contributed by atoms with E-state index in [1.54, 1.807) is 12.1 Å². The fraction of sp³-hybridized carbons (Fsp3) is 0. The highest BCUT2D eigenvalue weighted by Crippen LogP contribution is 2.30. The van der Waals surface area contributed by atoms with Crippen LogP contribution in [0.15, 0.2) is 30.3 Å². The lowest BCUT2D eigenvalue weighted by atomic mass is 10.1.